The molecule has 1 heteroatoms. The smallest absolute Gasteiger partial charge is 0.0101 e. The van der Waals surface area contributed by atoms with Gasteiger partial charge in [-0.3, -0.25) is 0 Å². The molecule has 0 nitrogen and oxygen atoms in total. The molecule has 1 heterocycles. The first-order valence-electron chi connectivity index (χ1n) is 6.37. The quantitative estimate of drug-likeness (QED) is 0.669. The molecular weight excluding hydrogens is 223 g/mol. The average Bonchev–Trinajstić information content (AvgIpc) is 3.20. The number of hydrogen-bond donors (Lipinski definition) is 0. The van der Waals surface area contributed by atoms with Crippen LogP contribution >= 0.6 is 7.26 Å². The molecule has 0 amide bonds. The lowest BCUT2D eigenvalue weighted by molar-refractivity contribution is 1.47. The van der Waals surface area contributed by atoms with Gasteiger partial charge in [0.1, 0.15) is 0 Å². The van der Waals surface area contributed by atoms with E-state index < -0.39 is 7.26 Å². The summed E-state index contributed by atoms with van der Waals surface area (Å²) in [6.45, 7) is 2.55. The Kier molecular flexibility index (Phi) is 1.86. The number of benzene rings is 2. The molecular formula is C16H16P. The molecule has 0 atom stereocenters. The van der Waals surface area contributed by atoms with Crippen LogP contribution in [0.4, 0.5) is 0 Å². The minimum Gasteiger partial charge on any atom is -0.0687 e. The number of fused-ring (bicyclic) bond motifs is 3. The summed E-state index contributed by atoms with van der Waals surface area (Å²) in [6.07, 6.45) is 2.87. The molecule has 1 fully saturated rings. The van der Waals surface area contributed by atoms with Crippen LogP contribution in [0.1, 0.15) is 12.8 Å². The van der Waals surface area contributed by atoms with Crippen molar-refractivity contribution in [2.75, 3.05) is 6.66 Å². The van der Waals surface area contributed by atoms with Crippen LogP contribution in [-0.2, 0) is 0 Å². The highest BCUT2D eigenvalue weighted by Crippen LogP contribution is 2.70. The van der Waals surface area contributed by atoms with Crippen LogP contribution < -0.4 is 10.6 Å². The first-order valence-corrected chi connectivity index (χ1v) is 8.68. The average molecular weight is 239 g/mol. The van der Waals surface area contributed by atoms with Crippen molar-refractivity contribution in [2.45, 2.75) is 18.5 Å². The summed E-state index contributed by atoms with van der Waals surface area (Å²) in [5.41, 5.74) is 3.98. The van der Waals surface area contributed by atoms with Gasteiger partial charge in [-0.15, -0.1) is 0 Å². The van der Waals surface area contributed by atoms with E-state index in [1.54, 1.807) is 10.6 Å². The molecule has 0 aromatic heterocycles. The van der Waals surface area contributed by atoms with Crippen molar-refractivity contribution in [1.82, 2.24) is 0 Å². The molecule has 2 aliphatic rings. The maximum Gasteiger partial charge on any atom is -0.0101 e. The van der Waals surface area contributed by atoms with Gasteiger partial charge in [0.25, 0.3) is 0 Å². The maximum atomic E-state index is 2.55. The third kappa shape index (κ3) is 1.17. The van der Waals surface area contributed by atoms with Crippen molar-refractivity contribution in [3.63, 3.8) is 0 Å². The van der Waals surface area contributed by atoms with E-state index in [9.17, 15) is 0 Å². The molecule has 17 heavy (non-hydrogen) atoms. The Bertz CT molecular complexity index is 550. The van der Waals surface area contributed by atoms with Gasteiger partial charge in [0.15, 0.2) is 0 Å². The minimum atomic E-state index is -1.06. The topological polar surface area (TPSA) is 0 Å². The fourth-order valence-electron chi connectivity index (χ4n) is 3.33. The van der Waals surface area contributed by atoms with Gasteiger partial charge < -0.3 is 0 Å². The summed E-state index contributed by atoms with van der Waals surface area (Å²) in [6, 6.07) is 18.2. The summed E-state index contributed by atoms with van der Waals surface area (Å²) in [5.74, 6) is 0. The third-order valence-electron chi connectivity index (χ3n) is 4.38. The highest BCUT2D eigenvalue weighted by molar-refractivity contribution is 7.90. The van der Waals surface area contributed by atoms with Crippen molar-refractivity contribution in [1.29, 1.82) is 0 Å². The predicted octanol–water partition coefficient (Wildman–Crippen LogP) is 3.43. The first kappa shape index (κ1) is 9.85. The van der Waals surface area contributed by atoms with Gasteiger partial charge in [-0.2, -0.15) is 0 Å². The number of hydrogen-bond acceptors (Lipinski definition) is 0. The van der Waals surface area contributed by atoms with Gasteiger partial charge in [-0.05, 0) is 46.9 Å². The van der Waals surface area contributed by atoms with Crippen molar-refractivity contribution in [3.8, 4) is 11.1 Å². The fraction of sp³-hybridized carbons (Fsp3) is 0.250. The zero-order valence-electron chi connectivity index (χ0n) is 10.1. The summed E-state index contributed by atoms with van der Waals surface area (Å²) < 4.78 is 0. The van der Waals surface area contributed by atoms with Crippen LogP contribution in [0.25, 0.3) is 11.1 Å². The van der Waals surface area contributed by atoms with Crippen molar-refractivity contribution < 1.29 is 0 Å². The molecule has 1 aliphatic heterocycles. The lowest BCUT2D eigenvalue weighted by Crippen LogP contribution is -2.19. The third-order valence-corrected chi connectivity index (χ3v) is 9.14. The lowest BCUT2D eigenvalue weighted by Gasteiger charge is -2.30. The van der Waals surface area contributed by atoms with Crippen LogP contribution in [-0.4, -0.2) is 12.3 Å². The molecule has 1 saturated carbocycles. The molecule has 4 rings (SSSR count). The summed E-state index contributed by atoms with van der Waals surface area (Å²) in [7, 11) is -1.06. The molecule has 0 unspecified atom stereocenters. The SMILES string of the molecule is C[P]1(C2CC2)c2ccccc2-c2ccccc21. The Morgan fingerprint density at radius 2 is 1.29 bits per heavy atom. The van der Waals surface area contributed by atoms with E-state index in [0.29, 0.717) is 0 Å². The van der Waals surface area contributed by atoms with E-state index in [4.69, 9.17) is 0 Å². The Morgan fingerprint density at radius 1 is 0.824 bits per heavy atom. The summed E-state index contributed by atoms with van der Waals surface area (Å²) in [4.78, 5) is 0. The van der Waals surface area contributed by atoms with E-state index in [2.05, 4.69) is 55.2 Å². The molecule has 0 N–H and O–H groups in total. The van der Waals surface area contributed by atoms with Gasteiger partial charge in [0.05, 0.1) is 0 Å². The Morgan fingerprint density at radius 3 is 1.76 bits per heavy atom. The van der Waals surface area contributed by atoms with Gasteiger partial charge in [-0.25, -0.2) is 0 Å². The second-order valence-electron chi connectivity index (χ2n) is 5.34. The molecule has 1 aliphatic carbocycles. The molecule has 0 spiro atoms. The second-order valence-corrected chi connectivity index (χ2v) is 9.19. The van der Waals surface area contributed by atoms with Crippen molar-refractivity contribution in [2.24, 2.45) is 0 Å². The molecule has 85 valence electrons. The van der Waals surface area contributed by atoms with E-state index in [-0.39, 0.29) is 0 Å². The van der Waals surface area contributed by atoms with Crippen molar-refractivity contribution >= 4 is 17.9 Å². The Labute approximate surface area is 103 Å². The molecule has 2 aromatic rings. The van der Waals surface area contributed by atoms with Gasteiger partial charge >= 0.3 is 0 Å². The molecule has 2 aromatic carbocycles. The minimum absolute atomic E-state index is 0.965. The summed E-state index contributed by atoms with van der Waals surface area (Å²) in [5, 5.41) is 3.31. The van der Waals surface area contributed by atoms with Crippen LogP contribution in [0.3, 0.4) is 0 Å². The second kappa shape index (κ2) is 3.21. The van der Waals surface area contributed by atoms with E-state index in [1.807, 2.05) is 0 Å². The maximum absolute atomic E-state index is 2.55. The Hall–Kier alpha value is -1.13. The summed E-state index contributed by atoms with van der Waals surface area (Å²) >= 11 is 0. The Balaban J connectivity index is 2.09. The van der Waals surface area contributed by atoms with E-state index >= 15 is 0 Å². The fourth-order valence-corrected chi connectivity index (χ4v) is 7.74. The van der Waals surface area contributed by atoms with Crippen LogP contribution in [0.15, 0.2) is 48.5 Å². The van der Waals surface area contributed by atoms with Gasteiger partial charge in [-0.1, -0.05) is 55.8 Å². The first-order chi connectivity index (χ1) is 8.32. The monoisotopic (exact) mass is 239 g/mol. The van der Waals surface area contributed by atoms with Gasteiger partial charge in [0, 0.05) is 0 Å². The van der Waals surface area contributed by atoms with Crippen LogP contribution in [0.5, 0.6) is 0 Å². The largest absolute Gasteiger partial charge is 0.0687 e. The molecule has 1 radical (unpaired) electrons. The highest BCUT2D eigenvalue weighted by atomic mass is 31.2. The molecule has 0 saturated heterocycles. The highest BCUT2D eigenvalue weighted by Gasteiger charge is 2.47. The van der Waals surface area contributed by atoms with E-state index in [1.165, 1.54) is 24.0 Å². The molecule has 0 bridgehead atoms. The number of rotatable bonds is 1. The standard InChI is InChI=1S/C16H16P/c1-17(12-10-11-12)15-8-4-2-6-13(15)14-7-3-5-9-16(14)17/h2-9,12H,10-11H2,1H3. The van der Waals surface area contributed by atoms with Crippen LogP contribution in [0, 0.1) is 0 Å². The normalized spacial score (nSPS) is 19.8. The predicted molar refractivity (Wildman–Crippen MR) is 77.0 cm³/mol. The zero-order valence-corrected chi connectivity index (χ0v) is 11.0. The van der Waals surface area contributed by atoms with E-state index in [0.717, 1.165) is 5.66 Å². The van der Waals surface area contributed by atoms with Crippen molar-refractivity contribution in [3.05, 3.63) is 48.5 Å². The zero-order chi connectivity index (χ0) is 11.5. The lowest BCUT2D eigenvalue weighted by atomic mass is 10.1. The van der Waals surface area contributed by atoms with Gasteiger partial charge in [0.2, 0.25) is 0 Å². The van der Waals surface area contributed by atoms with Crippen LogP contribution in [0.2, 0.25) is 0 Å².